The van der Waals surface area contributed by atoms with E-state index in [-0.39, 0.29) is 10.8 Å². The number of rotatable bonds is 6. The van der Waals surface area contributed by atoms with Crippen LogP contribution in [-0.4, -0.2) is 58.0 Å². The molecule has 0 radical (unpaired) electrons. The quantitative estimate of drug-likeness (QED) is 0.529. The summed E-state index contributed by atoms with van der Waals surface area (Å²) in [6.07, 6.45) is 3.32. The lowest BCUT2D eigenvalue weighted by Gasteiger charge is -2.31. The van der Waals surface area contributed by atoms with Crippen LogP contribution in [0.25, 0.3) is 11.1 Å². The maximum Gasteiger partial charge on any atom is 0.255 e. The van der Waals surface area contributed by atoms with Gasteiger partial charge < -0.3 is 15.0 Å². The van der Waals surface area contributed by atoms with E-state index >= 15 is 0 Å². The molecule has 8 heteroatoms. The molecule has 5 rings (SSSR count). The Bertz CT molecular complexity index is 1300. The van der Waals surface area contributed by atoms with Crippen LogP contribution >= 0.6 is 0 Å². The fraction of sp³-hybridized carbons (Fsp3) is 0.321. The first kappa shape index (κ1) is 24.5. The van der Waals surface area contributed by atoms with Gasteiger partial charge in [0.15, 0.2) is 0 Å². The molecule has 1 amide bonds. The second-order valence-electron chi connectivity index (χ2n) is 9.14. The van der Waals surface area contributed by atoms with Gasteiger partial charge in [0.2, 0.25) is 10.0 Å². The molecule has 3 aromatic carbocycles. The van der Waals surface area contributed by atoms with Gasteiger partial charge in [0.05, 0.1) is 29.5 Å². The van der Waals surface area contributed by atoms with Crippen LogP contribution < -0.4 is 10.2 Å². The Kier molecular flexibility index (Phi) is 7.36. The van der Waals surface area contributed by atoms with Crippen molar-refractivity contribution >= 4 is 27.3 Å². The predicted molar refractivity (Wildman–Crippen MR) is 142 cm³/mol. The summed E-state index contributed by atoms with van der Waals surface area (Å²) in [6, 6.07) is 22.5. The van der Waals surface area contributed by atoms with Gasteiger partial charge >= 0.3 is 0 Å². The number of nitrogens with zero attached hydrogens (tertiary/aromatic N) is 2. The van der Waals surface area contributed by atoms with Gasteiger partial charge in [0.1, 0.15) is 0 Å². The first-order chi connectivity index (χ1) is 17.5. The SMILES string of the molecule is O=C(Nc1cc(S(=O)(=O)N2CCOCC2)ccc1N1CCCCC1)c1ccc(-c2ccccc2)cc1. The highest BCUT2D eigenvalue weighted by Crippen LogP contribution is 2.33. The maximum absolute atomic E-state index is 13.3. The van der Waals surface area contributed by atoms with Crippen LogP contribution in [0.4, 0.5) is 11.4 Å². The number of carbonyl (C=O) groups excluding carboxylic acids is 1. The third kappa shape index (κ3) is 5.31. The van der Waals surface area contributed by atoms with Gasteiger partial charge in [-0.05, 0) is 60.7 Å². The zero-order valence-corrected chi connectivity index (χ0v) is 21.0. The molecule has 0 bridgehead atoms. The number of nitrogens with one attached hydrogen (secondary N) is 1. The Morgan fingerprint density at radius 3 is 2.14 bits per heavy atom. The Labute approximate surface area is 212 Å². The lowest BCUT2D eigenvalue weighted by Crippen LogP contribution is -2.40. The third-order valence-corrected chi connectivity index (χ3v) is 8.67. The monoisotopic (exact) mass is 505 g/mol. The minimum Gasteiger partial charge on any atom is -0.379 e. The summed E-state index contributed by atoms with van der Waals surface area (Å²) >= 11 is 0. The molecule has 1 N–H and O–H groups in total. The van der Waals surface area contributed by atoms with Gasteiger partial charge in [-0.1, -0.05) is 42.5 Å². The Morgan fingerprint density at radius 1 is 0.778 bits per heavy atom. The number of hydrogen-bond acceptors (Lipinski definition) is 5. The average Bonchev–Trinajstić information content (AvgIpc) is 2.94. The van der Waals surface area contributed by atoms with Crippen molar-refractivity contribution in [2.24, 2.45) is 0 Å². The minimum absolute atomic E-state index is 0.180. The summed E-state index contributed by atoms with van der Waals surface area (Å²) in [7, 11) is -3.69. The van der Waals surface area contributed by atoms with Crippen molar-refractivity contribution in [3.05, 3.63) is 78.4 Å². The van der Waals surface area contributed by atoms with Gasteiger partial charge in [-0.2, -0.15) is 4.31 Å². The summed E-state index contributed by atoms with van der Waals surface area (Å²) in [5.41, 5.74) is 3.99. The van der Waals surface area contributed by atoms with Crippen molar-refractivity contribution in [2.45, 2.75) is 24.2 Å². The number of amides is 1. The molecule has 2 heterocycles. The minimum atomic E-state index is -3.69. The highest BCUT2D eigenvalue weighted by Gasteiger charge is 2.28. The Morgan fingerprint density at radius 2 is 1.44 bits per heavy atom. The fourth-order valence-corrected chi connectivity index (χ4v) is 6.20. The van der Waals surface area contributed by atoms with E-state index in [1.165, 1.54) is 10.7 Å². The Hall–Kier alpha value is -3.20. The summed E-state index contributed by atoms with van der Waals surface area (Å²) in [6.45, 7) is 3.17. The number of ether oxygens (including phenoxy) is 1. The zero-order valence-electron chi connectivity index (χ0n) is 20.2. The third-order valence-electron chi connectivity index (χ3n) is 6.78. The zero-order chi connectivity index (χ0) is 25.0. The highest BCUT2D eigenvalue weighted by molar-refractivity contribution is 7.89. The van der Waals surface area contributed by atoms with Gasteiger partial charge in [-0.25, -0.2) is 8.42 Å². The summed E-state index contributed by atoms with van der Waals surface area (Å²) in [5.74, 6) is -0.270. The first-order valence-corrected chi connectivity index (χ1v) is 13.9. The predicted octanol–water partition coefficient (Wildman–Crippen LogP) is 4.62. The molecule has 0 spiro atoms. The van der Waals surface area contributed by atoms with Crippen LogP contribution in [0.5, 0.6) is 0 Å². The van der Waals surface area contributed by atoms with Crippen molar-refractivity contribution in [1.82, 2.24) is 4.31 Å². The first-order valence-electron chi connectivity index (χ1n) is 12.5. The van der Waals surface area contributed by atoms with Crippen LogP contribution in [0.1, 0.15) is 29.6 Å². The van der Waals surface area contributed by atoms with Crippen LogP contribution in [0, 0.1) is 0 Å². The maximum atomic E-state index is 13.3. The molecule has 2 saturated heterocycles. The molecule has 2 aliphatic rings. The van der Waals surface area contributed by atoms with Crippen molar-refractivity contribution in [3.63, 3.8) is 0 Å². The van der Waals surface area contributed by atoms with E-state index in [0.717, 1.165) is 42.7 Å². The molecule has 0 saturated carbocycles. The van der Waals surface area contributed by atoms with E-state index in [2.05, 4.69) is 10.2 Å². The number of sulfonamides is 1. The number of carbonyl (C=O) groups is 1. The molecule has 36 heavy (non-hydrogen) atoms. The largest absolute Gasteiger partial charge is 0.379 e. The van der Waals surface area contributed by atoms with Gasteiger partial charge in [-0.3, -0.25) is 4.79 Å². The van der Waals surface area contributed by atoms with Crippen molar-refractivity contribution in [3.8, 4) is 11.1 Å². The van der Waals surface area contributed by atoms with Crippen LogP contribution in [0.2, 0.25) is 0 Å². The molecular weight excluding hydrogens is 474 g/mol. The van der Waals surface area contributed by atoms with Crippen LogP contribution in [0.15, 0.2) is 77.7 Å². The number of morpholine rings is 1. The molecule has 0 aliphatic carbocycles. The van der Waals surface area contributed by atoms with E-state index in [1.807, 2.05) is 48.5 Å². The van der Waals surface area contributed by atoms with Crippen molar-refractivity contribution < 1.29 is 17.9 Å². The molecule has 2 fully saturated rings. The summed E-state index contributed by atoms with van der Waals surface area (Å²) in [5, 5.41) is 3.01. The second-order valence-corrected chi connectivity index (χ2v) is 11.1. The molecule has 3 aromatic rings. The van der Waals surface area contributed by atoms with E-state index in [4.69, 9.17) is 4.74 Å². The van der Waals surface area contributed by atoms with Crippen LogP contribution in [-0.2, 0) is 14.8 Å². The number of benzene rings is 3. The van der Waals surface area contributed by atoms with E-state index < -0.39 is 10.0 Å². The summed E-state index contributed by atoms with van der Waals surface area (Å²) in [4.78, 5) is 15.7. The lowest BCUT2D eigenvalue weighted by atomic mass is 10.0. The molecule has 0 unspecified atom stereocenters. The number of piperidine rings is 1. The standard InChI is InChI=1S/C28H31N3O4S/c32-28(24-11-9-23(10-12-24)22-7-3-1-4-8-22)29-26-21-25(36(33,34)31-17-19-35-20-18-31)13-14-27(26)30-15-5-2-6-16-30/h1,3-4,7-14,21H,2,5-6,15-20H2,(H,29,32). The molecule has 2 aliphatic heterocycles. The van der Waals surface area contributed by atoms with Crippen LogP contribution in [0.3, 0.4) is 0 Å². The average molecular weight is 506 g/mol. The molecule has 7 nitrogen and oxygen atoms in total. The molecule has 0 aromatic heterocycles. The van der Waals surface area contributed by atoms with E-state index in [9.17, 15) is 13.2 Å². The highest BCUT2D eigenvalue weighted by atomic mass is 32.2. The van der Waals surface area contributed by atoms with Gasteiger partial charge in [0, 0.05) is 31.7 Å². The molecule has 188 valence electrons. The summed E-state index contributed by atoms with van der Waals surface area (Å²) < 4.78 is 33.4. The Balaban J connectivity index is 1.43. The van der Waals surface area contributed by atoms with E-state index in [1.54, 1.807) is 24.3 Å². The van der Waals surface area contributed by atoms with Gasteiger partial charge in [-0.15, -0.1) is 0 Å². The van der Waals surface area contributed by atoms with Crippen molar-refractivity contribution in [1.29, 1.82) is 0 Å². The smallest absolute Gasteiger partial charge is 0.255 e. The number of hydrogen-bond donors (Lipinski definition) is 1. The van der Waals surface area contributed by atoms with E-state index in [0.29, 0.717) is 37.6 Å². The molecule has 0 atom stereocenters. The molecular formula is C28H31N3O4S. The van der Waals surface area contributed by atoms with Crippen molar-refractivity contribution in [2.75, 3.05) is 49.6 Å². The fourth-order valence-electron chi connectivity index (χ4n) is 4.76. The number of anilines is 2. The topological polar surface area (TPSA) is 79.0 Å². The normalized spacial score (nSPS) is 17.1. The van der Waals surface area contributed by atoms with Gasteiger partial charge in [0.25, 0.3) is 5.91 Å². The second kappa shape index (κ2) is 10.8. The lowest BCUT2D eigenvalue weighted by molar-refractivity contribution is 0.0730.